The van der Waals surface area contributed by atoms with Crippen LogP contribution >= 0.6 is 22.9 Å². The smallest absolute Gasteiger partial charge is 0.404 e. The number of rotatable bonds is 3. The quantitative estimate of drug-likeness (QED) is 0.470. The van der Waals surface area contributed by atoms with Crippen molar-refractivity contribution in [1.29, 1.82) is 0 Å². The molecular formula is C9H6ClNO3S. The predicted molar refractivity (Wildman–Crippen MR) is 57.4 cm³/mol. The third kappa shape index (κ3) is 2.03. The summed E-state index contributed by atoms with van der Waals surface area (Å²) in [7, 11) is 0. The summed E-state index contributed by atoms with van der Waals surface area (Å²) in [6, 6.07) is 6.55. The lowest BCUT2D eigenvalue weighted by molar-refractivity contribution is -0.402. The molecule has 0 N–H and O–H groups in total. The van der Waals surface area contributed by atoms with Crippen molar-refractivity contribution in [3.8, 4) is 0 Å². The van der Waals surface area contributed by atoms with Crippen LogP contribution in [0.25, 0.3) is 0 Å². The Morgan fingerprint density at radius 1 is 1.47 bits per heavy atom. The third-order valence-corrected chi connectivity index (χ3v) is 3.35. The van der Waals surface area contributed by atoms with Gasteiger partial charge < -0.3 is 4.42 Å². The largest absolute Gasteiger partial charge is 0.433 e. The van der Waals surface area contributed by atoms with Crippen molar-refractivity contribution >= 4 is 28.8 Å². The lowest BCUT2D eigenvalue weighted by Gasteiger charge is -2.01. The van der Waals surface area contributed by atoms with Crippen LogP contribution in [0.1, 0.15) is 16.0 Å². The molecule has 2 rings (SSSR count). The summed E-state index contributed by atoms with van der Waals surface area (Å²) < 4.78 is 5.01. The van der Waals surface area contributed by atoms with E-state index in [2.05, 4.69) is 0 Å². The molecule has 0 fully saturated rings. The van der Waals surface area contributed by atoms with Gasteiger partial charge in [0.05, 0.1) is 6.07 Å². The van der Waals surface area contributed by atoms with Crippen molar-refractivity contribution in [2.45, 2.75) is 5.38 Å². The molecule has 2 heterocycles. The van der Waals surface area contributed by atoms with Crippen molar-refractivity contribution in [3.63, 3.8) is 0 Å². The van der Waals surface area contributed by atoms with Crippen LogP contribution in [0, 0.1) is 10.1 Å². The fourth-order valence-electron chi connectivity index (χ4n) is 1.15. The number of alkyl halides is 1. The maximum Gasteiger partial charge on any atom is 0.433 e. The molecule has 15 heavy (non-hydrogen) atoms. The SMILES string of the molecule is O=[N+]([O-])c1ccc(C(Cl)c2cccs2)o1. The van der Waals surface area contributed by atoms with Crippen molar-refractivity contribution in [1.82, 2.24) is 0 Å². The van der Waals surface area contributed by atoms with Gasteiger partial charge in [-0.05, 0) is 17.5 Å². The molecule has 0 saturated heterocycles. The highest BCUT2D eigenvalue weighted by molar-refractivity contribution is 7.10. The Morgan fingerprint density at radius 3 is 2.80 bits per heavy atom. The first-order chi connectivity index (χ1) is 7.18. The van der Waals surface area contributed by atoms with E-state index in [0.717, 1.165) is 4.88 Å². The van der Waals surface area contributed by atoms with Crippen LogP contribution in [-0.4, -0.2) is 4.92 Å². The first-order valence-corrected chi connectivity index (χ1v) is 5.41. The van der Waals surface area contributed by atoms with E-state index in [1.807, 2.05) is 17.5 Å². The van der Waals surface area contributed by atoms with E-state index in [0.29, 0.717) is 5.76 Å². The number of furan rings is 1. The summed E-state index contributed by atoms with van der Waals surface area (Å²) in [6.45, 7) is 0. The molecule has 0 radical (unpaired) electrons. The van der Waals surface area contributed by atoms with Gasteiger partial charge in [0.1, 0.15) is 16.1 Å². The molecule has 1 atom stereocenters. The molecule has 0 aliphatic heterocycles. The molecule has 4 nitrogen and oxygen atoms in total. The van der Waals surface area contributed by atoms with Crippen LogP contribution in [0.4, 0.5) is 5.88 Å². The Balaban J connectivity index is 2.26. The van der Waals surface area contributed by atoms with Crippen LogP contribution in [0.2, 0.25) is 0 Å². The summed E-state index contributed by atoms with van der Waals surface area (Å²) >= 11 is 7.57. The van der Waals surface area contributed by atoms with Gasteiger partial charge in [0.2, 0.25) is 0 Å². The minimum atomic E-state index is -0.582. The second kappa shape index (κ2) is 4.04. The van der Waals surface area contributed by atoms with E-state index in [4.69, 9.17) is 16.0 Å². The standard InChI is InChI=1S/C9H6ClNO3S/c10-9(7-2-1-5-15-7)6-3-4-8(14-6)11(12)13/h1-5,9H. The molecular weight excluding hydrogens is 238 g/mol. The molecule has 6 heteroatoms. The lowest BCUT2D eigenvalue weighted by Crippen LogP contribution is -1.87. The Labute approximate surface area is 94.2 Å². The second-order valence-corrected chi connectivity index (χ2v) is 4.23. The van der Waals surface area contributed by atoms with Crippen LogP contribution in [0.3, 0.4) is 0 Å². The van der Waals surface area contributed by atoms with Gasteiger partial charge in [-0.3, -0.25) is 10.1 Å². The number of nitrogens with zero attached hydrogens (tertiary/aromatic N) is 1. The van der Waals surface area contributed by atoms with Crippen LogP contribution in [-0.2, 0) is 0 Å². The molecule has 0 saturated carbocycles. The zero-order chi connectivity index (χ0) is 10.8. The molecule has 0 aliphatic rings. The Bertz CT molecular complexity index is 465. The van der Waals surface area contributed by atoms with Gasteiger partial charge in [-0.25, -0.2) is 0 Å². The molecule has 0 aliphatic carbocycles. The lowest BCUT2D eigenvalue weighted by atomic mass is 10.3. The van der Waals surface area contributed by atoms with E-state index in [1.165, 1.54) is 23.5 Å². The van der Waals surface area contributed by atoms with Gasteiger partial charge >= 0.3 is 5.88 Å². The summed E-state index contributed by atoms with van der Waals surface area (Å²) in [4.78, 5) is 10.7. The van der Waals surface area contributed by atoms with Crippen molar-refractivity contribution in [3.05, 3.63) is 50.4 Å². The average Bonchev–Trinajstić information content (AvgIpc) is 2.88. The highest BCUT2D eigenvalue weighted by Gasteiger charge is 2.19. The van der Waals surface area contributed by atoms with E-state index in [-0.39, 0.29) is 5.88 Å². The van der Waals surface area contributed by atoms with Gasteiger partial charge in [0.15, 0.2) is 0 Å². The van der Waals surface area contributed by atoms with Crippen molar-refractivity contribution in [2.75, 3.05) is 0 Å². The number of nitro groups is 1. The topological polar surface area (TPSA) is 56.3 Å². The zero-order valence-electron chi connectivity index (χ0n) is 7.42. The molecule has 1 unspecified atom stereocenters. The fourth-order valence-corrected chi connectivity index (χ4v) is 2.20. The normalized spacial score (nSPS) is 12.6. The highest BCUT2D eigenvalue weighted by Crippen LogP contribution is 2.34. The van der Waals surface area contributed by atoms with E-state index >= 15 is 0 Å². The third-order valence-electron chi connectivity index (χ3n) is 1.84. The maximum absolute atomic E-state index is 10.4. The number of halogens is 1. The van der Waals surface area contributed by atoms with Crippen LogP contribution < -0.4 is 0 Å². The molecule has 0 amide bonds. The second-order valence-electron chi connectivity index (χ2n) is 2.81. The number of hydrogen-bond acceptors (Lipinski definition) is 4. The summed E-state index contributed by atoms with van der Waals surface area (Å²) in [5, 5.41) is 11.8. The molecule has 0 spiro atoms. The minimum absolute atomic E-state index is 0.285. The summed E-state index contributed by atoms with van der Waals surface area (Å²) in [6.07, 6.45) is 0. The van der Waals surface area contributed by atoms with Gasteiger partial charge in [-0.15, -0.1) is 22.9 Å². The van der Waals surface area contributed by atoms with Crippen LogP contribution in [0.5, 0.6) is 0 Å². The predicted octanol–water partition coefficient (Wildman–Crippen LogP) is 3.58. The van der Waals surface area contributed by atoms with Gasteiger partial charge in [-0.1, -0.05) is 6.07 Å². The molecule has 78 valence electrons. The highest BCUT2D eigenvalue weighted by atomic mass is 35.5. The van der Waals surface area contributed by atoms with Crippen molar-refractivity contribution < 1.29 is 9.34 Å². The zero-order valence-corrected chi connectivity index (χ0v) is 8.99. The fraction of sp³-hybridized carbons (Fsp3) is 0.111. The summed E-state index contributed by atoms with van der Waals surface area (Å²) in [5.41, 5.74) is 0. The van der Waals surface area contributed by atoms with E-state index < -0.39 is 10.3 Å². The molecule has 0 bridgehead atoms. The molecule has 2 aromatic heterocycles. The van der Waals surface area contributed by atoms with Crippen molar-refractivity contribution in [2.24, 2.45) is 0 Å². The first-order valence-electron chi connectivity index (χ1n) is 4.10. The minimum Gasteiger partial charge on any atom is -0.404 e. The monoisotopic (exact) mass is 243 g/mol. The Kier molecular flexibility index (Phi) is 2.75. The van der Waals surface area contributed by atoms with E-state index in [9.17, 15) is 10.1 Å². The number of hydrogen-bond donors (Lipinski definition) is 0. The Hall–Kier alpha value is -1.33. The van der Waals surface area contributed by atoms with E-state index in [1.54, 1.807) is 0 Å². The van der Waals surface area contributed by atoms with Crippen LogP contribution in [0.15, 0.2) is 34.1 Å². The molecule has 0 aromatic carbocycles. The Morgan fingerprint density at radius 2 is 2.27 bits per heavy atom. The maximum atomic E-state index is 10.4. The first kappa shape index (κ1) is 10.2. The molecule has 2 aromatic rings. The summed E-state index contributed by atoms with van der Waals surface area (Å²) in [5.74, 6) is 0.109. The average molecular weight is 244 g/mol. The van der Waals surface area contributed by atoms with Gasteiger partial charge in [0.25, 0.3) is 0 Å². The van der Waals surface area contributed by atoms with Gasteiger partial charge in [0, 0.05) is 4.88 Å². The van der Waals surface area contributed by atoms with Gasteiger partial charge in [-0.2, -0.15) is 0 Å². The number of thiophene rings is 1.